The van der Waals surface area contributed by atoms with Crippen molar-refractivity contribution >= 4 is 0 Å². The van der Waals surface area contributed by atoms with Gasteiger partial charge in [-0.3, -0.25) is 0 Å². The molecule has 0 spiro atoms. The van der Waals surface area contributed by atoms with Crippen molar-refractivity contribution in [3.05, 3.63) is 0 Å². The predicted molar refractivity (Wildman–Crippen MR) is 147 cm³/mol. The standard InChI is InChI=1S/C30H63NO2/c1-5-7-9-11-12-13-14-15-16-17-18-19-20-21-23-25-27-33-29-30(31(3)4)28-32-26-24-22-10-8-6-2/h30H,5-29H2,1-4H3/t30-/m0/s1. The van der Waals surface area contributed by atoms with E-state index in [4.69, 9.17) is 9.47 Å². The summed E-state index contributed by atoms with van der Waals surface area (Å²) in [6, 6.07) is 0.377. The van der Waals surface area contributed by atoms with Crippen LogP contribution in [0.3, 0.4) is 0 Å². The van der Waals surface area contributed by atoms with Gasteiger partial charge >= 0.3 is 0 Å². The Morgan fingerprint density at radius 3 is 0.970 bits per heavy atom. The molecule has 0 unspecified atom stereocenters. The Morgan fingerprint density at radius 1 is 0.424 bits per heavy atom. The predicted octanol–water partition coefficient (Wildman–Crippen LogP) is 9.18. The van der Waals surface area contributed by atoms with Crippen LogP contribution in [0.1, 0.15) is 149 Å². The van der Waals surface area contributed by atoms with Crippen LogP contribution >= 0.6 is 0 Å². The van der Waals surface area contributed by atoms with E-state index in [1.54, 1.807) is 0 Å². The van der Waals surface area contributed by atoms with Crippen molar-refractivity contribution < 1.29 is 9.47 Å². The number of nitrogens with zero attached hydrogens (tertiary/aromatic N) is 1. The summed E-state index contributed by atoms with van der Waals surface area (Å²) in [4.78, 5) is 2.24. The number of rotatable bonds is 28. The molecule has 0 heterocycles. The fourth-order valence-electron chi connectivity index (χ4n) is 4.34. The molecule has 0 aliphatic heterocycles. The van der Waals surface area contributed by atoms with Gasteiger partial charge in [-0.25, -0.2) is 0 Å². The average Bonchev–Trinajstić information content (AvgIpc) is 2.81. The first-order valence-corrected chi connectivity index (χ1v) is 15.0. The van der Waals surface area contributed by atoms with Crippen molar-refractivity contribution in [1.82, 2.24) is 4.90 Å². The molecule has 33 heavy (non-hydrogen) atoms. The van der Waals surface area contributed by atoms with Gasteiger partial charge in [0.05, 0.1) is 19.3 Å². The number of hydrogen-bond donors (Lipinski definition) is 0. The Labute approximate surface area is 209 Å². The summed E-state index contributed by atoms with van der Waals surface area (Å²) < 4.78 is 11.9. The average molecular weight is 470 g/mol. The van der Waals surface area contributed by atoms with Gasteiger partial charge in [0, 0.05) is 13.2 Å². The quantitative estimate of drug-likeness (QED) is 0.107. The molecule has 0 aliphatic rings. The summed E-state index contributed by atoms with van der Waals surface area (Å²) in [6.07, 6.45) is 29.1. The second kappa shape index (κ2) is 28.1. The van der Waals surface area contributed by atoms with Gasteiger partial charge in [0.1, 0.15) is 0 Å². The maximum atomic E-state index is 5.96. The van der Waals surface area contributed by atoms with Crippen molar-refractivity contribution in [1.29, 1.82) is 0 Å². The van der Waals surface area contributed by atoms with Crippen LogP contribution in [0.4, 0.5) is 0 Å². The van der Waals surface area contributed by atoms with E-state index in [2.05, 4.69) is 32.8 Å². The monoisotopic (exact) mass is 469 g/mol. The molecule has 200 valence electrons. The largest absolute Gasteiger partial charge is 0.380 e. The van der Waals surface area contributed by atoms with E-state index in [-0.39, 0.29) is 0 Å². The summed E-state index contributed by atoms with van der Waals surface area (Å²) in [5.74, 6) is 0. The Balaban J connectivity index is 3.32. The first-order chi connectivity index (χ1) is 16.2. The van der Waals surface area contributed by atoms with E-state index in [0.29, 0.717) is 6.04 Å². The molecular formula is C30H63NO2. The van der Waals surface area contributed by atoms with E-state index in [1.807, 2.05) is 0 Å². The molecule has 3 heteroatoms. The van der Waals surface area contributed by atoms with Crippen molar-refractivity contribution in [2.24, 2.45) is 0 Å². The number of ether oxygens (including phenoxy) is 2. The topological polar surface area (TPSA) is 21.7 Å². The highest BCUT2D eigenvalue weighted by Gasteiger charge is 2.11. The molecule has 0 radical (unpaired) electrons. The van der Waals surface area contributed by atoms with Gasteiger partial charge in [-0.2, -0.15) is 0 Å². The third kappa shape index (κ3) is 26.3. The van der Waals surface area contributed by atoms with Gasteiger partial charge in [-0.05, 0) is 26.9 Å². The van der Waals surface area contributed by atoms with E-state index in [9.17, 15) is 0 Å². The van der Waals surface area contributed by atoms with Crippen molar-refractivity contribution in [2.75, 3.05) is 40.5 Å². The molecular weight excluding hydrogens is 406 g/mol. The molecule has 0 aromatic carbocycles. The second-order valence-corrected chi connectivity index (χ2v) is 10.5. The van der Waals surface area contributed by atoms with Crippen LogP contribution in [-0.2, 0) is 9.47 Å². The lowest BCUT2D eigenvalue weighted by Crippen LogP contribution is -2.37. The first kappa shape index (κ1) is 32.9. The molecule has 0 fully saturated rings. The Morgan fingerprint density at radius 2 is 0.697 bits per heavy atom. The van der Waals surface area contributed by atoms with Crippen LogP contribution < -0.4 is 0 Å². The molecule has 1 atom stereocenters. The first-order valence-electron chi connectivity index (χ1n) is 15.0. The maximum absolute atomic E-state index is 5.96. The lowest BCUT2D eigenvalue weighted by molar-refractivity contribution is 0.0197. The summed E-state index contributed by atoms with van der Waals surface area (Å²) in [5.41, 5.74) is 0. The summed E-state index contributed by atoms with van der Waals surface area (Å²) in [6.45, 7) is 7.94. The molecule has 3 nitrogen and oxygen atoms in total. The van der Waals surface area contributed by atoms with Gasteiger partial charge in [0.25, 0.3) is 0 Å². The van der Waals surface area contributed by atoms with Crippen molar-refractivity contribution in [2.45, 2.75) is 155 Å². The zero-order valence-electron chi connectivity index (χ0n) is 23.5. The van der Waals surface area contributed by atoms with Gasteiger partial charge in [-0.1, -0.05) is 136 Å². The van der Waals surface area contributed by atoms with Crippen molar-refractivity contribution in [3.63, 3.8) is 0 Å². The Bertz CT molecular complexity index is 348. The smallest absolute Gasteiger partial charge is 0.0644 e. The molecule has 0 saturated heterocycles. The summed E-state index contributed by atoms with van der Waals surface area (Å²) in [7, 11) is 4.26. The Hall–Kier alpha value is -0.120. The number of unbranched alkanes of at least 4 members (excludes halogenated alkanes) is 19. The molecule has 0 aromatic heterocycles. The molecule has 0 N–H and O–H groups in total. The molecule has 0 aromatic rings. The second-order valence-electron chi connectivity index (χ2n) is 10.5. The molecule has 0 rings (SSSR count). The fourth-order valence-corrected chi connectivity index (χ4v) is 4.34. The van der Waals surface area contributed by atoms with Crippen LogP contribution in [0.5, 0.6) is 0 Å². The van der Waals surface area contributed by atoms with Gasteiger partial charge < -0.3 is 14.4 Å². The van der Waals surface area contributed by atoms with Crippen LogP contribution in [0.2, 0.25) is 0 Å². The highest BCUT2D eigenvalue weighted by Crippen LogP contribution is 2.13. The molecule has 0 aliphatic carbocycles. The maximum Gasteiger partial charge on any atom is 0.0644 e. The van der Waals surface area contributed by atoms with Crippen molar-refractivity contribution in [3.8, 4) is 0 Å². The fraction of sp³-hybridized carbons (Fsp3) is 1.00. The summed E-state index contributed by atoms with van der Waals surface area (Å²) in [5, 5.41) is 0. The van der Waals surface area contributed by atoms with Gasteiger partial charge in [-0.15, -0.1) is 0 Å². The minimum absolute atomic E-state index is 0.377. The highest BCUT2D eigenvalue weighted by molar-refractivity contribution is 4.64. The number of likely N-dealkylation sites (N-methyl/N-ethyl adjacent to an activating group) is 1. The molecule has 0 saturated carbocycles. The third-order valence-corrected chi connectivity index (χ3v) is 6.89. The minimum atomic E-state index is 0.377. The lowest BCUT2D eigenvalue weighted by Gasteiger charge is -2.24. The lowest BCUT2D eigenvalue weighted by atomic mass is 10.0. The van der Waals surface area contributed by atoms with Gasteiger partial charge in [0.2, 0.25) is 0 Å². The van der Waals surface area contributed by atoms with Crippen LogP contribution in [0, 0.1) is 0 Å². The van der Waals surface area contributed by atoms with Gasteiger partial charge in [0.15, 0.2) is 0 Å². The van der Waals surface area contributed by atoms with E-state index < -0.39 is 0 Å². The normalized spacial score (nSPS) is 12.6. The van der Waals surface area contributed by atoms with Crippen LogP contribution in [0.15, 0.2) is 0 Å². The molecule has 0 amide bonds. The number of hydrogen-bond acceptors (Lipinski definition) is 3. The molecule has 0 bridgehead atoms. The minimum Gasteiger partial charge on any atom is -0.380 e. The third-order valence-electron chi connectivity index (χ3n) is 6.89. The highest BCUT2D eigenvalue weighted by atomic mass is 16.5. The van der Waals surface area contributed by atoms with E-state index in [1.165, 1.54) is 135 Å². The SMILES string of the molecule is CCCCCCCCCCCCCCCCCCOC[C@H](COCCCCCCC)N(C)C. The van der Waals surface area contributed by atoms with E-state index in [0.717, 1.165) is 26.4 Å². The van der Waals surface area contributed by atoms with Crippen LogP contribution in [0.25, 0.3) is 0 Å². The van der Waals surface area contributed by atoms with Crippen LogP contribution in [-0.4, -0.2) is 51.5 Å². The zero-order valence-corrected chi connectivity index (χ0v) is 23.5. The zero-order chi connectivity index (χ0) is 24.2. The summed E-state index contributed by atoms with van der Waals surface area (Å²) >= 11 is 0. The Kier molecular flexibility index (Phi) is 28.0. The van der Waals surface area contributed by atoms with E-state index >= 15 is 0 Å².